The smallest absolute Gasteiger partial charge is 0.254 e. The average Bonchev–Trinajstić information content (AvgIpc) is 3.00. The van der Waals surface area contributed by atoms with Gasteiger partial charge in [0.05, 0.1) is 17.1 Å². The molecule has 1 aromatic heterocycles. The molecule has 0 bridgehead atoms. The van der Waals surface area contributed by atoms with Gasteiger partial charge in [0.2, 0.25) is 0 Å². The van der Waals surface area contributed by atoms with Gasteiger partial charge in [0.15, 0.2) is 0 Å². The van der Waals surface area contributed by atoms with Crippen LogP contribution in [0.4, 0.5) is 5.69 Å². The fourth-order valence-corrected chi connectivity index (χ4v) is 3.74. The number of carbonyl (C=O) groups is 1. The summed E-state index contributed by atoms with van der Waals surface area (Å²) >= 11 is 0. The second-order valence-electron chi connectivity index (χ2n) is 7.79. The predicted molar refractivity (Wildman–Crippen MR) is 110 cm³/mol. The molecule has 0 radical (unpaired) electrons. The van der Waals surface area contributed by atoms with Crippen molar-refractivity contribution in [2.75, 3.05) is 32.1 Å². The van der Waals surface area contributed by atoms with Gasteiger partial charge in [-0.15, -0.1) is 0 Å². The van der Waals surface area contributed by atoms with Crippen molar-refractivity contribution in [1.82, 2.24) is 14.5 Å². The number of anilines is 1. The third kappa shape index (κ3) is 3.07. The summed E-state index contributed by atoms with van der Waals surface area (Å²) in [5, 5.41) is 0. The molecule has 2 heterocycles. The summed E-state index contributed by atoms with van der Waals surface area (Å²) in [5.41, 5.74) is 3.98. The maximum Gasteiger partial charge on any atom is 0.254 e. The van der Waals surface area contributed by atoms with Crippen molar-refractivity contribution < 1.29 is 4.79 Å². The molecule has 0 N–H and O–H groups in total. The Morgan fingerprint density at radius 2 is 1.85 bits per heavy atom. The van der Waals surface area contributed by atoms with Crippen molar-refractivity contribution in [2.45, 2.75) is 25.8 Å². The lowest BCUT2D eigenvalue weighted by Crippen LogP contribution is -2.51. The standard InChI is InChI=1S/C22H26N4O/c1-15(2)21-23-19-10-5-6-11-20(19)26(21)18-13-25(14-18)22(27)16-8-7-9-17(12-16)24(3)4/h5-12,15,18H,13-14H2,1-4H3. The van der Waals surface area contributed by atoms with Crippen LogP contribution in [0.5, 0.6) is 0 Å². The average molecular weight is 362 g/mol. The highest BCUT2D eigenvalue weighted by Crippen LogP contribution is 2.32. The minimum Gasteiger partial charge on any atom is -0.378 e. The number of nitrogens with zero attached hydrogens (tertiary/aromatic N) is 4. The highest BCUT2D eigenvalue weighted by Gasteiger charge is 2.35. The number of fused-ring (bicyclic) bond motifs is 1. The lowest BCUT2D eigenvalue weighted by Gasteiger charge is -2.41. The Bertz CT molecular complexity index is 983. The Morgan fingerprint density at radius 1 is 1.11 bits per heavy atom. The quantitative estimate of drug-likeness (QED) is 0.706. The van der Waals surface area contributed by atoms with Gasteiger partial charge in [0.1, 0.15) is 5.82 Å². The molecule has 1 fully saturated rings. The highest BCUT2D eigenvalue weighted by atomic mass is 16.2. The fraction of sp³-hybridized carbons (Fsp3) is 0.364. The summed E-state index contributed by atoms with van der Waals surface area (Å²) in [6.07, 6.45) is 0. The number of carbonyl (C=O) groups excluding carboxylic acids is 1. The van der Waals surface area contributed by atoms with Gasteiger partial charge in [-0.3, -0.25) is 4.79 Å². The minimum atomic E-state index is 0.102. The van der Waals surface area contributed by atoms with Crippen LogP contribution in [0.15, 0.2) is 48.5 Å². The fourth-order valence-electron chi connectivity index (χ4n) is 3.74. The number of rotatable bonds is 4. The number of likely N-dealkylation sites (tertiary alicyclic amines) is 1. The van der Waals surface area contributed by atoms with Crippen molar-refractivity contribution in [2.24, 2.45) is 0 Å². The van der Waals surface area contributed by atoms with Crippen molar-refractivity contribution in [3.63, 3.8) is 0 Å². The number of amides is 1. The summed E-state index contributed by atoms with van der Waals surface area (Å²) in [5.74, 6) is 1.55. The summed E-state index contributed by atoms with van der Waals surface area (Å²) in [6, 6.07) is 16.4. The maximum absolute atomic E-state index is 12.9. The Hall–Kier alpha value is -2.82. The number of benzene rings is 2. The molecule has 3 aromatic rings. The maximum atomic E-state index is 12.9. The Labute approximate surface area is 160 Å². The van der Waals surface area contributed by atoms with E-state index in [4.69, 9.17) is 4.98 Å². The molecule has 0 saturated carbocycles. The van der Waals surface area contributed by atoms with Gasteiger partial charge in [-0.2, -0.15) is 0 Å². The lowest BCUT2D eigenvalue weighted by molar-refractivity contribution is 0.0521. The molecule has 4 rings (SSSR count). The van der Waals surface area contributed by atoms with Crippen LogP contribution in [-0.4, -0.2) is 47.5 Å². The molecule has 140 valence electrons. The molecule has 0 atom stereocenters. The summed E-state index contributed by atoms with van der Waals surface area (Å²) in [6.45, 7) is 5.80. The Kier molecular flexibility index (Phi) is 4.38. The van der Waals surface area contributed by atoms with E-state index < -0.39 is 0 Å². The topological polar surface area (TPSA) is 41.4 Å². The third-order valence-electron chi connectivity index (χ3n) is 5.26. The van der Waals surface area contributed by atoms with E-state index in [-0.39, 0.29) is 11.9 Å². The van der Waals surface area contributed by atoms with Crippen LogP contribution in [-0.2, 0) is 0 Å². The first-order valence-electron chi connectivity index (χ1n) is 9.49. The second-order valence-corrected chi connectivity index (χ2v) is 7.79. The zero-order chi connectivity index (χ0) is 19.1. The monoisotopic (exact) mass is 362 g/mol. The lowest BCUT2D eigenvalue weighted by atomic mass is 10.0. The second kappa shape index (κ2) is 6.72. The molecule has 1 amide bonds. The van der Waals surface area contributed by atoms with Crippen LogP contribution < -0.4 is 4.90 Å². The van der Waals surface area contributed by atoms with Gasteiger partial charge < -0.3 is 14.4 Å². The largest absolute Gasteiger partial charge is 0.378 e. The number of imidazole rings is 1. The molecular weight excluding hydrogens is 336 g/mol. The van der Waals surface area contributed by atoms with E-state index in [0.29, 0.717) is 5.92 Å². The van der Waals surface area contributed by atoms with E-state index in [1.54, 1.807) is 0 Å². The molecule has 2 aromatic carbocycles. The van der Waals surface area contributed by atoms with Gasteiger partial charge in [-0.05, 0) is 30.3 Å². The molecule has 27 heavy (non-hydrogen) atoms. The number of hydrogen-bond donors (Lipinski definition) is 0. The van der Waals surface area contributed by atoms with E-state index in [0.717, 1.165) is 41.2 Å². The van der Waals surface area contributed by atoms with E-state index >= 15 is 0 Å². The minimum absolute atomic E-state index is 0.102. The van der Waals surface area contributed by atoms with E-state index in [1.165, 1.54) is 0 Å². The van der Waals surface area contributed by atoms with Crippen LogP contribution in [0.1, 0.15) is 42.0 Å². The molecule has 5 nitrogen and oxygen atoms in total. The predicted octanol–water partition coefficient (Wildman–Crippen LogP) is 3.92. The van der Waals surface area contributed by atoms with Crippen LogP contribution in [0.3, 0.4) is 0 Å². The van der Waals surface area contributed by atoms with E-state index in [9.17, 15) is 4.79 Å². The first-order valence-corrected chi connectivity index (χ1v) is 9.49. The molecule has 0 unspecified atom stereocenters. The van der Waals surface area contributed by atoms with Gasteiger partial charge in [-0.1, -0.05) is 32.0 Å². The molecule has 0 spiro atoms. The van der Waals surface area contributed by atoms with Crippen LogP contribution in [0, 0.1) is 0 Å². The Balaban J connectivity index is 1.56. The highest BCUT2D eigenvalue weighted by molar-refractivity contribution is 5.95. The third-order valence-corrected chi connectivity index (χ3v) is 5.26. The van der Waals surface area contributed by atoms with Gasteiger partial charge in [0, 0.05) is 44.4 Å². The zero-order valence-corrected chi connectivity index (χ0v) is 16.4. The van der Waals surface area contributed by atoms with Gasteiger partial charge in [-0.25, -0.2) is 4.98 Å². The SMILES string of the molecule is CC(C)c1nc2ccccc2n1C1CN(C(=O)c2cccc(N(C)C)c2)C1. The molecule has 5 heteroatoms. The number of para-hydroxylation sites is 2. The summed E-state index contributed by atoms with van der Waals surface area (Å²) < 4.78 is 2.33. The van der Waals surface area contributed by atoms with Crippen LogP contribution >= 0.6 is 0 Å². The molecule has 1 aliphatic heterocycles. The zero-order valence-electron chi connectivity index (χ0n) is 16.4. The molecular formula is C22H26N4O. The molecule has 0 aliphatic carbocycles. The molecule has 1 aliphatic rings. The van der Waals surface area contributed by atoms with Crippen molar-refractivity contribution in [1.29, 1.82) is 0 Å². The summed E-state index contributed by atoms with van der Waals surface area (Å²) in [7, 11) is 3.97. The number of hydrogen-bond acceptors (Lipinski definition) is 3. The molecule has 1 saturated heterocycles. The summed E-state index contributed by atoms with van der Waals surface area (Å²) in [4.78, 5) is 21.7. The van der Waals surface area contributed by atoms with Crippen LogP contribution in [0.25, 0.3) is 11.0 Å². The van der Waals surface area contributed by atoms with Crippen molar-refractivity contribution in [3.05, 3.63) is 59.9 Å². The first kappa shape index (κ1) is 17.6. The first-order chi connectivity index (χ1) is 13.0. The van der Waals surface area contributed by atoms with Gasteiger partial charge >= 0.3 is 0 Å². The van der Waals surface area contributed by atoms with Gasteiger partial charge in [0.25, 0.3) is 5.91 Å². The van der Waals surface area contributed by atoms with E-state index in [1.807, 2.05) is 54.2 Å². The van der Waals surface area contributed by atoms with E-state index in [2.05, 4.69) is 36.6 Å². The van der Waals surface area contributed by atoms with Crippen molar-refractivity contribution >= 4 is 22.6 Å². The Morgan fingerprint density at radius 3 is 2.56 bits per heavy atom. The normalized spacial score (nSPS) is 14.6. The van der Waals surface area contributed by atoms with Crippen LogP contribution in [0.2, 0.25) is 0 Å². The van der Waals surface area contributed by atoms with Crippen molar-refractivity contribution in [3.8, 4) is 0 Å². The number of aromatic nitrogens is 2.